The molecule has 0 amide bonds. The first-order valence-electron chi connectivity index (χ1n) is 9.53. The fourth-order valence-electron chi connectivity index (χ4n) is 4.79. The number of imidazole rings is 1. The monoisotopic (exact) mass is 368 g/mol. The van der Waals surface area contributed by atoms with Gasteiger partial charge in [0.2, 0.25) is 0 Å². The van der Waals surface area contributed by atoms with E-state index in [1.165, 1.54) is 23.2 Å². The smallest absolute Gasteiger partial charge is 0.140 e. The summed E-state index contributed by atoms with van der Waals surface area (Å²) in [5, 5.41) is 3.29. The van der Waals surface area contributed by atoms with Crippen LogP contribution >= 0.6 is 11.3 Å². The Bertz CT molecular complexity index is 908. The number of hydrogen-bond acceptors (Lipinski definition) is 6. The Balaban J connectivity index is 1.46. The van der Waals surface area contributed by atoms with Gasteiger partial charge >= 0.3 is 0 Å². The van der Waals surface area contributed by atoms with Gasteiger partial charge in [-0.25, -0.2) is 15.0 Å². The van der Waals surface area contributed by atoms with Gasteiger partial charge in [-0.05, 0) is 37.3 Å². The van der Waals surface area contributed by atoms with E-state index in [9.17, 15) is 0 Å². The summed E-state index contributed by atoms with van der Waals surface area (Å²) in [6.45, 7) is 6.57. The van der Waals surface area contributed by atoms with Crippen LogP contribution in [0.4, 0.5) is 5.82 Å². The van der Waals surface area contributed by atoms with Crippen molar-refractivity contribution in [1.82, 2.24) is 24.8 Å². The van der Waals surface area contributed by atoms with Crippen molar-refractivity contribution in [3.05, 3.63) is 35.5 Å². The van der Waals surface area contributed by atoms with Crippen molar-refractivity contribution in [1.29, 1.82) is 0 Å². The number of fused-ring (bicyclic) bond motifs is 3. The maximum absolute atomic E-state index is 4.77. The van der Waals surface area contributed by atoms with Gasteiger partial charge in [-0.15, -0.1) is 11.3 Å². The number of nitrogens with zero attached hydrogens (tertiary/aromatic N) is 5. The molecule has 2 aliphatic rings. The minimum atomic E-state index is 0.0842. The lowest BCUT2D eigenvalue weighted by atomic mass is 9.78. The van der Waals surface area contributed by atoms with E-state index < -0.39 is 0 Å². The highest BCUT2D eigenvalue weighted by Crippen LogP contribution is 2.43. The van der Waals surface area contributed by atoms with Gasteiger partial charge in [0.05, 0.1) is 22.9 Å². The number of H-pyrrole nitrogens is 1. The first kappa shape index (κ1) is 16.2. The molecule has 3 aromatic rings. The molecule has 0 radical (unpaired) electrons. The van der Waals surface area contributed by atoms with Crippen LogP contribution in [0.2, 0.25) is 0 Å². The van der Waals surface area contributed by atoms with Crippen molar-refractivity contribution >= 4 is 27.4 Å². The summed E-state index contributed by atoms with van der Waals surface area (Å²) in [5.74, 6) is 1.09. The Hall–Kier alpha value is -1.99. The molecule has 1 saturated heterocycles. The number of aromatic amines is 1. The average molecular weight is 369 g/mol. The van der Waals surface area contributed by atoms with Crippen LogP contribution in [0.3, 0.4) is 0 Å². The number of nitrogens with one attached hydrogen (secondary N) is 1. The van der Waals surface area contributed by atoms with E-state index in [0.29, 0.717) is 0 Å². The van der Waals surface area contributed by atoms with E-state index in [-0.39, 0.29) is 5.54 Å². The topological polar surface area (TPSA) is 60.9 Å². The van der Waals surface area contributed by atoms with E-state index >= 15 is 0 Å². The standard InChI is InChI=1S/C19H24N6S/c1-2-7-25-8-3-15-16(21-12-20-15)19(25)5-9-24(10-6-19)17-14-4-11-26-18(14)23-13-22-17/h4,11-13H,2-3,5-10H2,1H3,(H,20,21). The molecular weight excluding hydrogens is 344 g/mol. The van der Waals surface area contributed by atoms with E-state index in [2.05, 4.69) is 43.1 Å². The lowest BCUT2D eigenvalue weighted by molar-refractivity contribution is 0.0444. The van der Waals surface area contributed by atoms with Crippen LogP contribution in [0.25, 0.3) is 10.2 Å². The number of thiophene rings is 1. The second-order valence-electron chi connectivity index (χ2n) is 7.32. The molecule has 0 bridgehead atoms. The molecule has 2 aliphatic heterocycles. The summed E-state index contributed by atoms with van der Waals surface area (Å²) in [6.07, 6.45) is 8.05. The van der Waals surface area contributed by atoms with Gasteiger partial charge in [0.1, 0.15) is 17.0 Å². The number of piperidine rings is 1. The molecule has 0 aliphatic carbocycles. The van der Waals surface area contributed by atoms with Gasteiger partial charge < -0.3 is 9.88 Å². The zero-order chi connectivity index (χ0) is 17.6. The van der Waals surface area contributed by atoms with Gasteiger partial charge in [0.15, 0.2) is 0 Å². The zero-order valence-corrected chi connectivity index (χ0v) is 15.9. The fourth-order valence-corrected chi connectivity index (χ4v) is 5.52. The average Bonchev–Trinajstić information content (AvgIpc) is 3.34. The van der Waals surface area contributed by atoms with E-state index in [1.54, 1.807) is 17.7 Å². The largest absolute Gasteiger partial charge is 0.356 e. The number of rotatable bonds is 3. The SMILES string of the molecule is CCCN1CCc2[nH]cnc2C12CCN(c1ncnc3sccc13)CC2. The molecule has 7 heteroatoms. The molecule has 1 N–H and O–H groups in total. The molecular formula is C19H24N6S. The van der Waals surface area contributed by atoms with Gasteiger partial charge in [0.25, 0.3) is 0 Å². The molecule has 1 fully saturated rings. The first-order valence-corrected chi connectivity index (χ1v) is 10.4. The van der Waals surface area contributed by atoms with Crippen LogP contribution in [-0.2, 0) is 12.0 Å². The summed E-state index contributed by atoms with van der Waals surface area (Å²) in [6, 6.07) is 2.15. The van der Waals surface area contributed by atoms with E-state index in [0.717, 1.165) is 56.1 Å². The van der Waals surface area contributed by atoms with Gasteiger partial charge in [-0.2, -0.15) is 0 Å². The molecule has 1 spiro atoms. The Morgan fingerprint density at radius 2 is 2.08 bits per heavy atom. The molecule has 0 aromatic carbocycles. The number of hydrogen-bond donors (Lipinski definition) is 1. The van der Waals surface area contributed by atoms with Crippen molar-refractivity contribution in [2.75, 3.05) is 31.1 Å². The summed E-state index contributed by atoms with van der Waals surface area (Å²) in [5.41, 5.74) is 2.72. The van der Waals surface area contributed by atoms with Crippen molar-refractivity contribution in [2.45, 2.75) is 38.1 Å². The summed E-state index contributed by atoms with van der Waals surface area (Å²) >= 11 is 1.69. The Morgan fingerprint density at radius 3 is 2.92 bits per heavy atom. The summed E-state index contributed by atoms with van der Waals surface area (Å²) < 4.78 is 0. The number of aromatic nitrogens is 4. The first-order chi connectivity index (χ1) is 12.8. The van der Waals surface area contributed by atoms with Crippen LogP contribution < -0.4 is 4.90 Å². The van der Waals surface area contributed by atoms with E-state index in [1.807, 2.05) is 6.33 Å². The van der Waals surface area contributed by atoms with E-state index in [4.69, 9.17) is 4.98 Å². The summed E-state index contributed by atoms with van der Waals surface area (Å²) in [7, 11) is 0. The maximum Gasteiger partial charge on any atom is 0.140 e. The molecule has 0 saturated carbocycles. The molecule has 0 unspecified atom stereocenters. The lowest BCUT2D eigenvalue weighted by Gasteiger charge is -2.50. The highest BCUT2D eigenvalue weighted by molar-refractivity contribution is 7.16. The Kier molecular flexibility index (Phi) is 3.94. The van der Waals surface area contributed by atoms with Crippen molar-refractivity contribution in [2.24, 2.45) is 0 Å². The maximum atomic E-state index is 4.77. The van der Waals surface area contributed by atoms with Crippen LogP contribution in [-0.4, -0.2) is 51.0 Å². The van der Waals surface area contributed by atoms with Gasteiger partial charge in [0, 0.05) is 31.7 Å². The quantitative estimate of drug-likeness (QED) is 0.769. The Morgan fingerprint density at radius 1 is 1.19 bits per heavy atom. The molecule has 3 aromatic heterocycles. The summed E-state index contributed by atoms with van der Waals surface area (Å²) in [4.78, 5) is 23.4. The lowest BCUT2D eigenvalue weighted by Crippen LogP contribution is -2.56. The van der Waals surface area contributed by atoms with Crippen molar-refractivity contribution in [3.8, 4) is 0 Å². The van der Waals surface area contributed by atoms with Crippen LogP contribution in [0, 0.1) is 0 Å². The molecule has 26 heavy (non-hydrogen) atoms. The number of anilines is 1. The predicted molar refractivity (Wildman–Crippen MR) is 105 cm³/mol. The Labute approximate surface area is 157 Å². The third-order valence-corrected chi connectivity index (χ3v) is 6.84. The van der Waals surface area contributed by atoms with Gasteiger partial charge in [-0.3, -0.25) is 4.90 Å². The second-order valence-corrected chi connectivity index (χ2v) is 8.22. The van der Waals surface area contributed by atoms with Crippen molar-refractivity contribution < 1.29 is 0 Å². The highest BCUT2D eigenvalue weighted by Gasteiger charge is 2.46. The normalized spacial score (nSPS) is 20.0. The predicted octanol–water partition coefficient (Wildman–Crippen LogP) is 3.18. The molecule has 6 nitrogen and oxygen atoms in total. The van der Waals surface area contributed by atoms with Crippen molar-refractivity contribution in [3.63, 3.8) is 0 Å². The minimum absolute atomic E-state index is 0.0842. The molecule has 5 heterocycles. The van der Waals surface area contributed by atoms with Gasteiger partial charge in [-0.1, -0.05) is 6.92 Å². The molecule has 136 valence electrons. The van der Waals surface area contributed by atoms with Crippen LogP contribution in [0.1, 0.15) is 37.6 Å². The third kappa shape index (κ3) is 2.37. The van der Waals surface area contributed by atoms with Crippen LogP contribution in [0.5, 0.6) is 0 Å². The third-order valence-electron chi connectivity index (χ3n) is 6.02. The highest BCUT2D eigenvalue weighted by atomic mass is 32.1. The minimum Gasteiger partial charge on any atom is -0.356 e. The van der Waals surface area contributed by atoms with Crippen LogP contribution in [0.15, 0.2) is 24.1 Å². The fraction of sp³-hybridized carbons (Fsp3) is 0.526. The molecule has 5 rings (SSSR count). The molecule has 0 atom stereocenters. The second kappa shape index (κ2) is 6.32. The zero-order valence-electron chi connectivity index (χ0n) is 15.1.